The molecule has 0 saturated carbocycles. The van der Waals surface area contributed by atoms with Gasteiger partial charge in [0.1, 0.15) is 0 Å². The number of halogens is 4. The van der Waals surface area contributed by atoms with E-state index in [2.05, 4.69) is 34.6 Å². The molecule has 0 N–H and O–H groups in total. The lowest BCUT2D eigenvalue weighted by atomic mass is 10.2. The standard InChI is InChI=1S/C14H11N2O.BF3.FH/c1-15-9-16-10-5-2-3-7-12(10)17-13-8-4-6-11(15)14(13)16;2-1(3)4;/h2-9H,1H3;;1H/q+1;;/p-1. The van der Waals surface area contributed by atoms with Gasteiger partial charge >= 0.3 is 7.54 Å². The van der Waals surface area contributed by atoms with E-state index in [1.54, 1.807) is 0 Å². The van der Waals surface area contributed by atoms with E-state index in [4.69, 9.17) is 4.74 Å². The van der Waals surface area contributed by atoms with E-state index in [0.717, 1.165) is 22.7 Å². The van der Waals surface area contributed by atoms with E-state index >= 15 is 0 Å². The van der Waals surface area contributed by atoms with Gasteiger partial charge in [-0.1, -0.05) is 18.2 Å². The van der Waals surface area contributed by atoms with E-state index in [1.807, 2.05) is 30.3 Å². The number of nitrogens with zero attached hydrogens (tertiary/aromatic N) is 2. The van der Waals surface area contributed by atoms with Crippen molar-refractivity contribution in [3.8, 4) is 17.2 Å². The van der Waals surface area contributed by atoms with E-state index in [0.29, 0.717) is 0 Å². The molecule has 0 bridgehead atoms. The zero-order valence-corrected chi connectivity index (χ0v) is 11.5. The van der Waals surface area contributed by atoms with Gasteiger partial charge in [-0.3, -0.25) is 12.9 Å². The first kappa shape index (κ1) is 15.9. The van der Waals surface area contributed by atoms with E-state index < -0.39 is 7.54 Å². The molecule has 0 spiro atoms. The monoisotopic (exact) mass is 310 g/mol. The molecule has 0 fully saturated rings. The average Bonchev–Trinajstić information content (AvgIpc) is 2.78. The molecule has 0 atom stereocenters. The number of fused-ring (bicyclic) bond motifs is 2. The topological polar surface area (TPSA) is 18.0 Å². The maximum absolute atomic E-state index is 9.67. The predicted octanol–water partition coefficient (Wildman–Crippen LogP) is 0.444. The van der Waals surface area contributed by atoms with E-state index in [9.17, 15) is 12.9 Å². The van der Waals surface area contributed by atoms with Crippen LogP contribution in [-0.2, 0) is 7.05 Å². The van der Waals surface area contributed by atoms with Gasteiger partial charge in [-0.25, -0.2) is 4.57 Å². The summed E-state index contributed by atoms with van der Waals surface area (Å²) in [6.45, 7) is 0. The first-order valence-corrected chi connectivity index (χ1v) is 6.27. The third kappa shape index (κ3) is 2.64. The van der Waals surface area contributed by atoms with Crippen LogP contribution < -0.4 is 14.0 Å². The van der Waals surface area contributed by atoms with Crippen molar-refractivity contribution in [3.63, 3.8) is 0 Å². The molecule has 1 aliphatic heterocycles. The van der Waals surface area contributed by atoms with Crippen molar-refractivity contribution < 1.29 is 27.0 Å². The molecule has 114 valence electrons. The molecule has 8 heteroatoms. The van der Waals surface area contributed by atoms with Gasteiger partial charge in [-0.05, 0) is 24.3 Å². The lowest BCUT2D eigenvalue weighted by Gasteiger charge is -2.13. The Hall–Kier alpha value is -2.51. The highest BCUT2D eigenvalue weighted by Gasteiger charge is 2.26. The van der Waals surface area contributed by atoms with E-state index in [-0.39, 0.29) is 4.70 Å². The van der Waals surface area contributed by atoms with Crippen LogP contribution in [0.3, 0.4) is 0 Å². The van der Waals surface area contributed by atoms with Crippen molar-refractivity contribution in [2.24, 2.45) is 7.05 Å². The van der Waals surface area contributed by atoms with Crippen molar-refractivity contribution in [2.45, 2.75) is 0 Å². The number of imidazole rings is 1. The van der Waals surface area contributed by atoms with Crippen LogP contribution >= 0.6 is 0 Å². The first-order valence-electron chi connectivity index (χ1n) is 6.27. The number of hydrogen-bond acceptors (Lipinski definition) is 1. The molecular weight excluding hydrogens is 299 g/mol. The van der Waals surface area contributed by atoms with Crippen LogP contribution in [0, 0.1) is 0 Å². The second kappa shape index (κ2) is 6.09. The number of rotatable bonds is 0. The van der Waals surface area contributed by atoms with Gasteiger partial charge < -0.3 is 9.44 Å². The van der Waals surface area contributed by atoms with Crippen molar-refractivity contribution >= 4 is 18.6 Å². The summed E-state index contributed by atoms with van der Waals surface area (Å²) in [4.78, 5) is 0. The smallest absolute Gasteiger partial charge is 0.762 e. The Morgan fingerprint density at radius 2 is 1.64 bits per heavy atom. The Kier molecular flexibility index (Phi) is 4.39. The van der Waals surface area contributed by atoms with Crippen LogP contribution in [0.2, 0.25) is 0 Å². The Balaban J connectivity index is 0.000000319. The van der Waals surface area contributed by atoms with Gasteiger partial charge in [0.2, 0.25) is 11.8 Å². The largest absolute Gasteiger partial charge is 1.00 e. The number of aromatic nitrogens is 2. The highest BCUT2D eigenvalue weighted by Crippen LogP contribution is 2.38. The lowest BCUT2D eigenvalue weighted by Crippen LogP contribution is -3.00. The minimum Gasteiger partial charge on any atom is -1.00 e. The summed E-state index contributed by atoms with van der Waals surface area (Å²) in [5.74, 6) is 1.82. The minimum absolute atomic E-state index is 0. The Labute approximate surface area is 124 Å². The fourth-order valence-corrected chi connectivity index (χ4v) is 2.46. The van der Waals surface area contributed by atoms with Crippen LogP contribution in [0.25, 0.3) is 16.7 Å². The molecule has 2 aromatic carbocycles. The summed E-state index contributed by atoms with van der Waals surface area (Å²) >= 11 is 0. The Bertz CT molecular complexity index is 804. The average molecular weight is 310 g/mol. The van der Waals surface area contributed by atoms with Crippen LogP contribution in [0.4, 0.5) is 12.9 Å². The fraction of sp³-hybridized carbons (Fsp3) is 0.0714. The van der Waals surface area contributed by atoms with E-state index in [1.165, 1.54) is 5.52 Å². The zero-order chi connectivity index (χ0) is 15.0. The molecule has 3 nitrogen and oxygen atoms in total. The molecule has 1 aliphatic rings. The molecule has 0 amide bonds. The molecule has 3 aromatic rings. The van der Waals surface area contributed by atoms with Crippen molar-refractivity contribution in [1.82, 2.24) is 4.57 Å². The summed E-state index contributed by atoms with van der Waals surface area (Å²) in [6.07, 6.45) is 2.09. The van der Waals surface area contributed by atoms with Crippen LogP contribution in [0.15, 0.2) is 48.8 Å². The molecule has 22 heavy (non-hydrogen) atoms. The predicted molar refractivity (Wildman–Crippen MR) is 73.6 cm³/mol. The number of benzene rings is 2. The van der Waals surface area contributed by atoms with Crippen LogP contribution in [-0.4, -0.2) is 12.1 Å². The maximum Gasteiger partial charge on any atom is 0.762 e. The quantitative estimate of drug-likeness (QED) is 0.262. The Morgan fingerprint density at radius 1 is 1.00 bits per heavy atom. The highest BCUT2D eigenvalue weighted by atomic mass is 19.4. The SMILES string of the molecule is C[n+]1cn2c3c(cccc31)Oc1ccccc1-2.FB(F)F.[F-]. The second-order valence-electron chi connectivity index (χ2n) is 4.54. The van der Waals surface area contributed by atoms with Gasteiger partial charge in [0.15, 0.2) is 22.7 Å². The fourth-order valence-electron chi connectivity index (χ4n) is 2.46. The zero-order valence-electron chi connectivity index (χ0n) is 11.5. The van der Waals surface area contributed by atoms with Gasteiger partial charge in [0.05, 0.1) is 7.05 Å². The minimum atomic E-state index is -3.67. The summed E-state index contributed by atoms with van der Waals surface area (Å²) in [6, 6.07) is 14.2. The third-order valence-corrected chi connectivity index (χ3v) is 3.23. The van der Waals surface area contributed by atoms with Crippen molar-refractivity contribution in [3.05, 3.63) is 48.8 Å². The lowest BCUT2D eigenvalue weighted by molar-refractivity contribution is -0.645. The summed E-state index contributed by atoms with van der Waals surface area (Å²) in [5.41, 5.74) is 3.41. The van der Waals surface area contributed by atoms with Gasteiger partial charge in [0, 0.05) is 0 Å². The number of ether oxygens (including phenoxy) is 1. The third-order valence-electron chi connectivity index (χ3n) is 3.23. The molecule has 0 radical (unpaired) electrons. The van der Waals surface area contributed by atoms with Crippen molar-refractivity contribution in [2.75, 3.05) is 0 Å². The molecular formula is C14H11BF4N2O. The Morgan fingerprint density at radius 3 is 2.36 bits per heavy atom. The maximum atomic E-state index is 9.67. The van der Waals surface area contributed by atoms with Gasteiger partial charge in [-0.2, -0.15) is 4.57 Å². The van der Waals surface area contributed by atoms with Crippen molar-refractivity contribution in [1.29, 1.82) is 0 Å². The molecule has 0 aliphatic carbocycles. The van der Waals surface area contributed by atoms with Gasteiger partial charge in [-0.15, -0.1) is 0 Å². The normalized spacial score (nSPS) is 10.7. The molecule has 1 aromatic heterocycles. The molecule has 0 unspecified atom stereocenters. The highest BCUT2D eigenvalue weighted by molar-refractivity contribution is 6.33. The van der Waals surface area contributed by atoms with Crippen LogP contribution in [0.1, 0.15) is 0 Å². The number of aryl methyl sites for hydroxylation is 1. The molecule has 0 saturated heterocycles. The molecule has 4 rings (SSSR count). The summed E-state index contributed by atoms with van der Waals surface area (Å²) in [7, 11) is -1.61. The number of para-hydroxylation sites is 3. The summed E-state index contributed by atoms with van der Waals surface area (Å²) in [5, 5.41) is 0. The van der Waals surface area contributed by atoms with Gasteiger partial charge in [0.25, 0.3) is 0 Å². The molecule has 2 heterocycles. The summed E-state index contributed by atoms with van der Waals surface area (Å²) < 4.78 is 39.2. The second-order valence-corrected chi connectivity index (χ2v) is 4.54. The first-order chi connectivity index (χ1) is 10.1. The number of hydrogen-bond donors (Lipinski definition) is 0. The van der Waals surface area contributed by atoms with Crippen LogP contribution in [0.5, 0.6) is 11.5 Å².